The molecule has 0 fully saturated rings. The lowest BCUT2D eigenvalue weighted by molar-refractivity contribution is 0.599. The highest BCUT2D eigenvalue weighted by molar-refractivity contribution is 5.75. The highest BCUT2D eigenvalue weighted by Crippen LogP contribution is 2.18. The summed E-state index contributed by atoms with van der Waals surface area (Å²) in [4.78, 5) is 4.47. The molecule has 0 saturated heterocycles. The fourth-order valence-corrected chi connectivity index (χ4v) is 2.14. The van der Waals surface area contributed by atoms with Crippen molar-refractivity contribution in [3.8, 4) is 0 Å². The zero-order chi connectivity index (χ0) is 12.5. The van der Waals surface area contributed by atoms with E-state index in [0.717, 1.165) is 16.9 Å². The van der Waals surface area contributed by atoms with E-state index in [1.807, 2.05) is 35.8 Å². The number of aryl methyl sites for hydroxylation is 1. The van der Waals surface area contributed by atoms with E-state index in [1.54, 1.807) is 12.1 Å². The predicted molar refractivity (Wildman–Crippen MR) is 68.8 cm³/mol. The monoisotopic (exact) mass is 239 g/mol. The first-order valence-electron chi connectivity index (χ1n) is 5.82. The maximum Gasteiger partial charge on any atom is 0.128 e. The second kappa shape index (κ2) is 4.26. The lowest BCUT2D eigenvalue weighted by Gasteiger charge is -2.07. The van der Waals surface area contributed by atoms with E-state index < -0.39 is 0 Å². The number of nitrogens with zero attached hydrogens (tertiary/aromatic N) is 2. The van der Waals surface area contributed by atoms with Crippen LogP contribution in [0.5, 0.6) is 0 Å². The van der Waals surface area contributed by atoms with Gasteiger partial charge in [0.1, 0.15) is 11.6 Å². The number of para-hydroxylation sites is 2. The standard InChI is InChI=1S/C15H12FN2/c1-11-17-14-8-4-5-9-15(14)18(11)10-12-6-2-3-7-13(12)16/h2,4-9H,10H2,1H3. The van der Waals surface area contributed by atoms with Crippen LogP contribution in [0.3, 0.4) is 0 Å². The molecule has 0 aliphatic heterocycles. The van der Waals surface area contributed by atoms with Crippen LogP contribution >= 0.6 is 0 Å². The molecule has 2 nitrogen and oxygen atoms in total. The van der Waals surface area contributed by atoms with Crippen molar-refractivity contribution < 1.29 is 4.39 Å². The van der Waals surface area contributed by atoms with Crippen LogP contribution < -0.4 is 0 Å². The Bertz CT molecular complexity index is 701. The minimum Gasteiger partial charge on any atom is -0.324 e. The van der Waals surface area contributed by atoms with Gasteiger partial charge in [0, 0.05) is 5.56 Å². The molecule has 0 amide bonds. The maximum absolute atomic E-state index is 13.6. The highest BCUT2D eigenvalue weighted by atomic mass is 19.1. The molecule has 1 aromatic heterocycles. The van der Waals surface area contributed by atoms with E-state index in [-0.39, 0.29) is 5.82 Å². The summed E-state index contributed by atoms with van der Waals surface area (Å²) in [6.45, 7) is 2.43. The maximum atomic E-state index is 13.6. The van der Waals surface area contributed by atoms with Crippen LogP contribution in [0.1, 0.15) is 11.4 Å². The first-order chi connectivity index (χ1) is 8.75. The van der Waals surface area contributed by atoms with Crippen molar-refractivity contribution in [1.82, 2.24) is 9.55 Å². The molecule has 0 aliphatic carbocycles. The third-order valence-electron chi connectivity index (χ3n) is 3.07. The number of hydrogen-bond donors (Lipinski definition) is 0. The van der Waals surface area contributed by atoms with Crippen LogP contribution in [0.15, 0.2) is 42.5 Å². The molecule has 18 heavy (non-hydrogen) atoms. The van der Waals surface area contributed by atoms with E-state index in [9.17, 15) is 4.39 Å². The van der Waals surface area contributed by atoms with E-state index in [0.29, 0.717) is 12.1 Å². The van der Waals surface area contributed by atoms with Crippen LogP contribution in [0.4, 0.5) is 4.39 Å². The van der Waals surface area contributed by atoms with Gasteiger partial charge < -0.3 is 4.57 Å². The van der Waals surface area contributed by atoms with Crippen LogP contribution in [0.2, 0.25) is 0 Å². The molecule has 0 N–H and O–H groups in total. The van der Waals surface area contributed by atoms with Gasteiger partial charge in [0.05, 0.1) is 17.6 Å². The van der Waals surface area contributed by atoms with Crippen molar-refractivity contribution in [2.24, 2.45) is 0 Å². The van der Waals surface area contributed by atoms with E-state index in [1.165, 1.54) is 6.07 Å². The summed E-state index contributed by atoms with van der Waals surface area (Å²) < 4.78 is 15.7. The van der Waals surface area contributed by atoms with Crippen molar-refractivity contribution in [1.29, 1.82) is 0 Å². The molecule has 0 aliphatic rings. The Morgan fingerprint density at radius 2 is 2.11 bits per heavy atom. The van der Waals surface area contributed by atoms with Gasteiger partial charge in [0.15, 0.2) is 0 Å². The largest absolute Gasteiger partial charge is 0.324 e. The first-order valence-corrected chi connectivity index (χ1v) is 5.82. The summed E-state index contributed by atoms with van der Waals surface area (Å²) in [5, 5.41) is 0. The fourth-order valence-electron chi connectivity index (χ4n) is 2.14. The Labute approximate surface area is 105 Å². The Balaban J connectivity index is 2.10. The molecule has 1 heterocycles. The summed E-state index contributed by atoms with van der Waals surface area (Å²) in [6, 6.07) is 15.5. The van der Waals surface area contributed by atoms with Gasteiger partial charge in [0.2, 0.25) is 0 Å². The van der Waals surface area contributed by atoms with Gasteiger partial charge in [-0.3, -0.25) is 0 Å². The third-order valence-corrected chi connectivity index (χ3v) is 3.07. The minimum absolute atomic E-state index is 0.227. The van der Waals surface area contributed by atoms with Crippen LogP contribution in [0.25, 0.3) is 11.0 Å². The second-order valence-electron chi connectivity index (χ2n) is 4.25. The summed E-state index contributed by atoms with van der Waals surface area (Å²) in [5.74, 6) is 0.665. The average molecular weight is 239 g/mol. The highest BCUT2D eigenvalue weighted by Gasteiger charge is 2.09. The Hall–Kier alpha value is -2.16. The van der Waals surface area contributed by atoms with Gasteiger partial charge in [-0.15, -0.1) is 0 Å². The lowest BCUT2D eigenvalue weighted by Crippen LogP contribution is -2.03. The number of hydrogen-bond acceptors (Lipinski definition) is 1. The van der Waals surface area contributed by atoms with Crippen molar-refractivity contribution in [2.75, 3.05) is 0 Å². The molecular formula is C15H12FN2. The molecule has 2 aromatic carbocycles. The summed E-state index contributed by atoms with van der Waals surface area (Å²) >= 11 is 0. The summed E-state index contributed by atoms with van der Waals surface area (Å²) in [7, 11) is 0. The normalized spacial score (nSPS) is 11.0. The van der Waals surface area contributed by atoms with Gasteiger partial charge in [-0.1, -0.05) is 24.3 Å². The van der Waals surface area contributed by atoms with Crippen molar-refractivity contribution in [3.05, 3.63) is 65.7 Å². The van der Waals surface area contributed by atoms with Gasteiger partial charge in [0.25, 0.3) is 0 Å². The number of halogens is 1. The quantitative estimate of drug-likeness (QED) is 0.670. The van der Waals surface area contributed by atoms with E-state index >= 15 is 0 Å². The van der Waals surface area contributed by atoms with Gasteiger partial charge in [-0.25, -0.2) is 9.37 Å². The molecule has 0 saturated carbocycles. The molecule has 0 bridgehead atoms. The molecule has 1 radical (unpaired) electrons. The SMILES string of the molecule is Cc1nc2ccccc2n1Cc1cc[c]cc1F. The smallest absolute Gasteiger partial charge is 0.128 e. The van der Waals surface area contributed by atoms with Gasteiger partial charge in [-0.2, -0.15) is 0 Å². The van der Waals surface area contributed by atoms with Crippen molar-refractivity contribution in [3.63, 3.8) is 0 Å². The second-order valence-corrected chi connectivity index (χ2v) is 4.25. The van der Waals surface area contributed by atoms with Crippen molar-refractivity contribution >= 4 is 11.0 Å². The number of benzene rings is 2. The van der Waals surface area contributed by atoms with E-state index in [4.69, 9.17) is 0 Å². The molecular weight excluding hydrogens is 227 g/mol. The Kier molecular flexibility index (Phi) is 2.59. The molecule has 89 valence electrons. The zero-order valence-electron chi connectivity index (χ0n) is 10.0. The number of imidazole rings is 1. The third kappa shape index (κ3) is 1.78. The van der Waals surface area contributed by atoms with Crippen molar-refractivity contribution in [2.45, 2.75) is 13.5 Å². The lowest BCUT2D eigenvalue weighted by atomic mass is 10.2. The Morgan fingerprint density at radius 1 is 1.28 bits per heavy atom. The molecule has 3 rings (SSSR count). The first kappa shape index (κ1) is 11.0. The number of aromatic nitrogens is 2. The van der Waals surface area contributed by atoms with Crippen LogP contribution in [0, 0.1) is 18.8 Å². The van der Waals surface area contributed by atoms with E-state index in [2.05, 4.69) is 11.1 Å². The van der Waals surface area contributed by atoms with Crippen LogP contribution in [-0.2, 0) is 6.54 Å². The van der Waals surface area contributed by atoms with Crippen LogP contribution in [-0.4, -0.2) is 9.55 Å². The summed E-state index contributed by atoms with van der Waals surface area (Å²) in [6.07, 6.45) is 0. The average Bonchev–Trinajstić information content (AvgIpc) is 2.69. The fraction of sp³-hybridized carbons (Fsp3) is 0.133. The predicted octanol–water partition coefficient (Wildman–Crippen LogP) is 3.33. The molecule has 0 atom stereocenters. The molecule has 3 heteroatoms. The number of fused-ring (bicyclic) bond motifs is 1. The topological polar surface area (TPSA) is 17.8 Å². The molecule has 0 unspecified atom stereocenters. The number of rotatable bonds is 2. The Morgan fingerprint density at radius 3 is 2.94 bits per heavy atom. The minimum atomic E-state index is -0.227. The molecule has 0 spiro atoms. The van der Waals surface area contributed by atoms with Gasteiger partial charge >= 0.3 is 0 Å². The molecule has 3 aromatic rings. The summed E-state index contributed by atoms with van der Waals surface area (Å²) in [5.41, 5.74) is 2.63. The zero-order valence-corrected chi connectivity index (χ0v) is 10.0. The van der Waals surface area contributed by atoms with Gasteiger partial charge in [-0.05, 0) is 31.2 Å².